The molecule has 1 N–H and O–H groups in total. The Bertz CT molecular complexity index is 834. The molecule has 0 unspecified atom stereocenters. The van der Waals surface area contributed by atoms with Gasteiger partial charge in [-0.15, -0.1) is 0 Å². The molecule has 2 aliphatic rings. The predicted octanol–water partition coefficient (Wildman–Crippen LogP) is 3.33. The lowest BCUT2D eigenvalue weighted by atomic mass is 10.1. The highest BCUT2D eigenvalue weighted by Crippen LogP contribution is 2.38. The second-order valence-electron chi connectivity index (χ2n) is 6.87. The Morgan fingerprint density at radius 1 is 0.923 bits per heavy atom. The van der Waals surface area contributed by atoms with Crippen LogP contribution in [-0.4, -0.2) is 36.3 Å². The summed E-state index contributed by atoms with van der Waals surface area (Å²) in [5, 5.41) is 3.01. The maximum absolute atomic E-state index is 12.5. The van der Waals surface area contributed by atoms with Crippen LogP contribution in [0.3, 0.4) is 0 Å². The van der Waals surface area contributed by atoms with Crippen LogP contribution in [0, 0.1) is 0 Å². The molecule has 0 bridgehead atoms. The third-order valence-electron chi connectivity index (χ3n) is 5.11. The Balaban J connectivity index is 1.51. The van der Waals surface area contributed by atoms with Crippen LogP contribution in [0.1, 0.15) is 24.8 Å². The number of rotatable bonds is 4. The van der Waals surface area contributed by atoms with E-state index in [1.165, 1.54) is 11.3 Å². The lowest BCUT2D eigenvalue weighted by Crippen LogP contribution is -2.40. The van der Waals surface area contributed by atoms with Gasteiger partial charge in [-0.05, 0) is 43.0 Å². The normalized spacial score (nSPS) is 16.5. The molecule has 4 rings (SSSR count). The molecule has 0 aromatic heterocycles. The highest BCUT2D eigenvalue weighted by Gasteiger charge is 2.24. The predicted molar refractivity (Wildman–Crippen MR) is 103 cm³/mol. The van der Waals surface area contributed by atoms with Gasteiger partial charge in [0.25, 0.3) is 0 Å². The summed E-state index contributed by atoms with van der Waals surface area (Å²) in [5.41, 5.74) is 4.31. The van der Waals surface area contributed by atoms with Crippen LogP contribution < -0.4 is 10.2 Å². The smallest absolute Gasteiger partial charge is 0.244 e. The van der Waals surface area contributed by atoms with Crippen molar-refractivity contribution in [1.29, 1.82) is 0 Å². The number of para-hydroxylation sites is 3. The number of carbonyl (C=O) groups is 2. The van der Waals surface area contributed by atoms with E-state index in [-0.39, 0.29) is 18.4 Å². The van der Waals surface area contributed by atoms with E-state index >= 15 is 0 Å². The average molecular weight is 349 g/mol. The number of carbonyl (C=O) groups excluding carboxylic acids is 2. The number of nitrogens with one attached hydrogen (secondary N) is 1. The molecule has 26 heavy (non-hydrogen) atoms. The Hall–Kier alpha value is -2.82. The molecule has 2 heterocycles. The minimum atomic E-state index is -0.139. The first-order valence-corrected chi connectivity index (χ1v) is 9.24. The summed E-state index contributed by atoms with van der Waals surface area (Å²) in [7, 11) is 0. The Labute approximate surface area is 153 Å². The molecule has 2 aromatic carbocycles. The number of hydrogen-bond acceptors (Lipinski definition) is 3. The zero-order valence-corrected chi connectivity index (χ0v) is 14.8. The molecule has 1 fully saturated rings. The molecule has 0 aliphatic carbocycles. The number of benzene rings is 2. The van der Waals surface area contributed by atoms with E-state index in [2.05, 4.69) is 28.4 Å². The number of piperidine rings is 1. The van der Waals surface area contributed by atoms with Gasteiger partial charge in [-0.1, -0.05) is 30.3 Å². The molecular formula is C21H23N3O2. The molecule has 1 saturated heterocycles. The summed E-state index contributed by atoms with van der Waals surface area (Å²) in [6, 6.07) is 16.2. The van der Waals surface area contributed by atoms with Gasteiger partial charge in [-0.2, -0.15) is 0 Å². The second-order valence-corrected chi connectivity index (χ2v) is 6.87. The maximum atomic E-state index is 12.5. The number of amides is 2. The number of likely N-dealkylation sites (tertiary alicyclic amines) is 1. The van der Waals surface area contributed by atoms with Gasteiger partial charge in [0.15, 0.2) is 0 Å². The Kier molecular flexibility index (Phi) is 4.61. The van der Waals surface area contributed by atoms with Gasteiger partial charge < -0.3 is 15.1 Å². The topological polar surface area (TPSA) is 52.7 Å². The summed E-state index contributed by atoms with van der Waals surface area (Å²) in [6.07, 6.45) is 3.45. The molecule has 2 aromatic rings. The highest BCUT2D eigenvalue weighted by atomic mass is 16.2. The zero-order valence-electron chi connectivity index (χ0n) is 14.8. The fraction of sp³-hybridized carbons (Fsp3) is 0.333. The van der Waals surface area contributed by atoms with Gasteiger partial charge in [-0.25, -0.2) is 0 Å². The average Bonchev–Trinajstić information content (AvgIpc) is 3.08. The number of nitrogens with zero attached hydrogens (tertiary/aromatic N) is 2. The van der Waals surface area contributed by atoms with Crippen molar-refractivity contribution in [2.75, 3.05) is 29.9 Å². The van der Waals surface area contributed by atoms with Crippen LogP contribution in [0.4, 0.5) is 17.1 Å². The van der Waals surface area contributed by atoms with Crippen LogP contribution >= 0.6 is 0 Å². The molecular weight excluding hydrogens is 326 g/mol. The minimum Gasteiger partial charge on any atom is -0.339 e. The van der Waals surface area contributed by atoms with Crippen LogP contribution in [0.25, 0.3) is 0 Å². The van der Waals surface area contributed by atoms with E-state index in [9.17, 15) is 9.59 Å². The van der Waals surface area contributed by atoms with Crippen LogP contribution in [0.5, 0.6) is 0 Å². The van der Waals surface area contributed by atoms with Gasteiger partial charge in [-0.3, -0.25) is 9.59 Å². The SMILES string of the molecule is O=C(CN1CCCCC1=O)Nc1ccccc1N1CCc2ccccc21. The molecule has 0 spiro atoms. The standard InChI is InChI=1S/C21H23N3O2/c25-20(15-23-13-6-5-11-21(23)26)22-17-8-2-4-10-19(17)24-14-12-16-7-1-3-9-18(16)24/h1-4,7-10H,5-6,11-15H2,(H,22,25). The maximum Gasteiger partial charge on any atom is 0.244 e. The minimum absolute atomic E-state index is 0.0770. The first-order chi connectivity index (χ1) is 12.7. The first kappa shape index (κ1) is 16.6. The highest BCUT2D eigenvalue weighted by molar-refractivity contribution is 5.98. The molecule has 0 saturated carbocycles. The van der Waals surface area contributed by atoms with Gasteiger partial charge in [0.05, 0.1) is 17.9 Å². The van der Waals surface area contributed by atoms with Crippen molar-refractivity contribution in [3.8, 4) is 0 Å². The van der Waals surface area contributed by atoms with E-state index in [4.69, 9.17) is 0 Å². The van der Waals surface area contributed by atoms with Gasteiger partial charge in [0.2, 0.25) is 11.8 Å². The summed E-state index contributed by atoms with van der Waals surface area (Å²) < 4.78 is 0. The van der Waals surface area contributed by atoms with Gasteiger partial charge >= 0.3 is 0 Å². The molecule has 0 radical (unpaired) electrons. The summed E-state index contributed by atoms with van der Waals surface area (Å²) >= 11 is 0. The summed E-state index contributed by atoms with van der Waals surface area (Å²) in [5.74, 6) is -0.0617. The Morgan fingerprint density at radius 3 is 2.54 bits per heavy atom. The quantitative estimate of drug-likeness (QED) is 0.921. The molecule has 2 amide bonds. The third kappa shape index (κ3) is 3.29. The largest absolute Gasteiger partial charge is 0.339 e. The van der Waals surface area contributed by atoms with E-state index in [0.29, 0.717) is 13.0 Å². The van der Waals surface area contributed by atoms with Crippen molar-refractivity contribution in [3.63, 3.8) is 0 Å². The van der Waals surface area contributed by atoms with Crippen molar-refractivity contribution in [3.05, 3.63) is 54.1 Å². The number of fused-ring (bicyclic) bond motifs is 1. The molecule has 5 nitrogen and oxygen atoms in total. The monoisotopic (exact) mass is 349 g/mol. The van der Waals surface area contributed by atoms with E-state index in [1.54, 1.807) is 4.90 Å². The fourth-order valence-corrected chi connectivity index (χ4v) is 3.80. The summed E-state index contributed by atoms with van der Waals surface area (Å²) in [4.78, 5) is 28.4. The van der Waals surface area contributed by atoms with Crippen molar-refractivity contribution in [2.45, 2.75) is 25.7 Å². The van der Waals surface area contributed by atoms with Crippen molar-refractivity contribution in [2.24, 2.45) is 0 Å². The molecule has 2 aliphatic heterocycles. The Morgan fingerprint density at radius 2 is 1.69 bits per heavy atom. The number of hydrogen-bond donors (Lipinski definition) is 1. The van der Waals surface area contributed by atoms with Gasteiger partial charge in [0, 0.05) is 25.2 Å². The molecule has 5 heteroatoms. The van der Waals surface area contributed by atoms with Crippen LogP contribution in [0.15, 0.2) is 48.5 Å². The second kappa shape index (κ2) is 7.20. The molecule has 134 valence electrons. The third-order valence-corrected chi connectivity index (χ3v) is 5.11. The van der Waals surface area contributed by atoms with Gasteiger partial charge in [0.1, 0.15) is 0 Å². The van der Waals surface area contributed by atoms with Crippen LogP contribution in [-0.2, 0) is 16.0 Å². The van der Waals surface area contributed by atoms with E-state index in [1.807, 2.05) is 30.3 Å². The van der Waals surface area contributed by atoms with Crippen molar-refractivity contribution >= 4 is 28.9 Å². The zero-order chi connectivity index (χ0) is 17.9. The van der Waals surface area contributed by atoms with E-state index < -0.39 is 0 Å². The lowest BCUT2D eigenvalue weighted by molar-refractivity contribution is -0.136. The number of anilines is 3. The first-order valence-electron chi connectivity index (χ1n) is 9.24. The van der Waals surface area contributed by atoms with Crippen molar-refractivity contribution < 1.29 is 9.59 Å². The van der Waals surface area contributed by atoms with Crippen LogP contribution in [0.2, 0.25) is 0 Å². The van der Waals surface area contributed by atoms with E-state index in [0.717, 1.165) is 37.2 Å². The van der Waals surface area contributed by atoms with Crippen molar-refractivity contribution in [1.82, 2.24) is 4.90 Å². The molecule has 0 atom stereocenters. The lowest BCUT2D eigenvalue weighted by Gasteiger charge is -2.27. The fourth-order valence-electron chi connectivity index (χ4n) is 3.80. The summed E-state index contributed by atoms with van der Waals surface area (Å²) in [6.45, 7) is 1.70.